The number of hydrogen-bond donors (Lipinski definition) is 1. The lowest BCUT2D eigenvalue weighted by Gasteiger charge is -2.17. The third-order valence-corrected chi connectivity index (χ3v) is 4.60. The first-order chi connectivity index (χ1) is 13.5. The first-order valence-electron chi connectivity index (χ1n) is 9.56. The van der Waals surface area contributed by atoms with Gasteiger partial charge in [-0.2, -0.15) is 0 Å². The molecular weight excluding hydrogens is 354 g/mol. The molecule has 1 N–H and O–H groups in total. The van der Waals surface area contributed by atoms with Gasteiger partial charge in [-0.15, -0.1) is 0 Å². The Balaban J connectivity index is 1.98. The molecule has 0 unspecified atom stereocenters. The first-order valence-corrected chi connectivity index (χ1v) is 9.56. The quantitative estimate of drug-likeness (QED) is 0.579. The van der Waals surface area contributed by atoms with Gasteiger partial charge in [0.15, 0.2) is 0 Å². The molecule has 0 radical (unpaired) electrons. The minimum absolute atomic E-state index is 0.289. The Hall–Kier alpha value is -3.08. The summed E-state index contributed by atoms with van der Waals surface area (Å²) < 4.78 is 11.2. The average molecular weight is 379 g/mol. The molecule has 28 heavy (non-hydrogen) atoms. The molecule has 0 heterocycles. The number of hydrogen-bond acceptors (Lipinski definition) is 5. The monoisotopic (exact) mass is 379 g/mol. The summed E-state index contributed by atoms with van der Waals surface area (Å²) in [6, 6.07) is 13.1. The highest BCUT2D eigenvalue weighted by molar-refractivity contribution is 5.86. The van der Waals surface area contributed by atoms with Crippen LogP contribution in [0.1, 0.15) is 39.2 Å². The van der Waals surface area contributed by atoms with Crippen molar-refractivity contribution < 1.29 is 9.47 Å². The zero-order chi connectivity index (χ0) is 20.3. The smallest absolute Gasteiger partial charge is 0.250 e. The van der Waals surface area contributed by atoms with E-state index in [0.717, 1.165) is 5.56 Å². The summed E-state index contributed by atoms with van der Waals surface area (Å²) in [6.07, 6.45) is 0. The van der Waals surface area contributed by atoms with Crippen LogP contribution in [0.2, 0.25) is 0 Å². The molecule has 5 nitrogen and oxygen atoms in total. The Morgan fingerprint density at radius 1 is 0.893 bits per heavy atom. The third-order valence-electron chi connectivity index (χ3n) is 4.60. The third kappa shape index (κ3) is 3.79. The number of benzene rings is 2. The molecular formula is C23H25NO4. The normalized spacial score (nSPS) is 11.0. The largest absolute Gasteiger partial charge is 0.494 e. The standard InChI is InChI=1S/C23H25NO4/c1-5-27-17-11-12-19(28-6-2)18(13-17)24-21-20(22(25)23(21)26)16-9-7-15(8-10-16)14(3)4/h7-14,24H,5-6H2,1-4H3. The van der Waals surface area contributed by atoms with Crippen LogP contribution in [0.15, 0.2) is 52.1 Å². The zero-order valence-electron chi connectivity index (χ0n) is 16.7. The molecule has 0 saturated heterocycles. The van der Waals surface area contributed by atoms with E-state index in [4.69, 9.17) is 9.47 Å². The van der Waals surface area contributed by atoms with Crippen molar-refractivity contribution >= 4 is 11.4 Å². The van der Waals surface area contributed by atoms with E-state index in [9.17, 15) is 9.59 Å². The molecule has 0 aliphatic rings. The van der Waals surface area contributed by atoms with E-state index < -0.39 is 10.9 Å². The minimum Gasteiger partial charge on any atom is -0.494 e. The van der Waals surface area contributed by atoms with Gasteiger partial charge in [0.1, 0.15) is 17.2 Å². The second-order valence-electron chi connectivity index (χ2n) is 6.83. The lowest BCUT2D eigenvalue weighted by Crippen LogP contribution is -2.35. The Morgan fingerprint density at radius 3 is 2.18 bits per heavy atom. The second kappa shape index (κ2) is 8.30. The zero-order valence-corrected chi connectivity index (χ0v) is 16.7. The SMILES string of the molecule is CCOc1ccc(OCC)c(Nc2c(-c3ccc(C(C)C)cc3)c(=O)c2=O)c1. The van der Waals surface area contributed by atoms with Crippen LogP contribution < -0.4 is 25.6 Å². The van der Waals surface area contributed by atoms with Gasteiger partial charge in [0.25, 0.3) is 5.43 Å². The van der Waals surface area contributed by atoms with Gasteiger partial charge in [-0.25, -0.2) is 0 Å². The van der Waals surface area contributed by atoms with Gasteiger partial charge in [0, 0.05) is 6.07 Å². The van der Waals surface area contributed by atoms with Crippen molar-refractivity contribution in [3.05, 3.63) is 68.5 Å². The van der Waals surface area contributed by atoms with Crippen molar-refractivity contribution in [2.75, 3.05) is 18.5 Å². The molecule has 5 heteroatoms. The van der Waals surface area contributed by atoms with Gasteiger partial charge in [0.05, 0.1) is 24.5 Å². The molecule has 3 aromatic rings. The molecule has 0 fully saturated rings. The molecule has 3 rings (SSSR count). The van der Waals surface area contributed by atoms with Gasteiger partial charge in [-0.1, -0.05) is 38.1 Å². The van der Waals surface area contributed by atoms with Gasteiger partial charge < -0.3 is 14.8 Å². The van der Waals surface area contributed by atoms with E-state index in [1.54, 1.807) is 12.1 Å². The van der Waals surface area contributed by atoms with Gasteiger partial charge in [-0.05, 0) is 43.0 Å². The fourth-order valence-corrected chi connectivity index (χ4v) is 3.10. The van der Waals surface area contributed by atoms with Gasteiger partial charge >= 0.3 is 0 Å². The molecule has 0 aliphatic carbocycles. The average Bonchev–Trinajstić information content (AvgIpc) is 2.69. The van der Waals surface area contributed by atoms with Crippen LogP contribution in [0, 0.1) is 0 Å². The highest BCUT2D eigenvalue weighted by atomic mass is 16.5. The van der Waals surface area contributed by atoms with Gasteiger partial charge in [-0.3, -0.25) is 9.59 Å². The Morgan fingerprint density at radius 2 is 1.57 bits per heavy atom. The first kappa shape index (κ1) is 19.7. The molecule has 0 spiro atoms. The van der Waals surface area contributed by atoms with Crippen molar-refractivity contribution in [3.63, 3.8) is 0 Å². The molecule has 0 bridgehead atoms. The van der Waals surface area contributed by atoms with Crippen LogP contribution in [-0.4, -0.2) is 13.2 Å². The maximum atomic E-state index is 12.3. The maximum Gasteiger partial charge on any atom is 0.250 e. The van der Waals surface area contributed by atoms with Crippen LogP contribution >= 0.6 is 0 Å². The number of rotatable bonds is 8. The molecule has 0 aliphatic heterocycles. The van der Waals surface area contributed by atoms with E-state index in [-0.39, 0.29) is 5.69 Å². The van der Waals surface area contributed by atoms with Crippen LogP contribution in [-0.2, 0) is 0 Å². The van der Waals surface area contributed by atoms with E-state index in [1.165, 1.54) is 5.56 Å². The summed E-state index contributed by atoms with van der Waals surface area (Å²) in [5.41, 5.74) is 2.21. The summed E-state index contributed by atoms with van der Waals surface area (Å²) in [4.78, 5) is 24.5. The second-order valence-corrected chi connectivity index (χ2v) is 6.83. The van der Waals surface area contributed by atoms with Crippen LogP contribution in [0.5, 0.6) is 11.5 Å². The summed E-state index contributed by atoms with van der Waals surface area (Å²) >= 11 is 0. The van der Waals surface area contributed by atoms with Crippen molar-refractivity contribution in [3.8, 4) is 22.6 Å². The minimum atomic E-state index is -0.521. The lowest BCUT2D eigenvalue weighted by atomic mass is 9.95. The molecule has 0 atom stereocenters. The predicted molar refractivity (Wildman–Crippen MR) is 113 cm³/mol. The van der Waals surface area contributed by atoms with E-state index in [1.807, 2.05) is 44.2 Å². The Kier molecular flexibility index (Phi) is 5.83. The van der Waals surface area contributed by atoms with E-state index >= 15 is 0 Å². The molecule has 146 valence electrons. The topological polar surface area (TPSA) is 64.6 Å². The van der Waals surface area contributed by atoms with Gasteiger partial charge in [0.2, 0.25) is 5.43 Å². The summed E-state index contributed by atoms with van der Waals surface area (Å²) in [5, 5.41) is 3.10. The van der Waals surface area contributed by atoms with E-state index in [0.29, 0.717) is 41.9 Å². The van der Waals surface area contributed by atoms with Crippen LogP contribution in [0.3, 0.4) is 0 Å². The van der Waals surface area contributed by atoms with E-state index in [2.05, 4.69) is 19.2 Å². The fourth-order valence-electron chi connectivity index (χ4n) is 3.10. The van der Waals surface area contributed by atoms with Crippen LogP contribution in [0.4, 0.5) is 11.4 Å². The number of ether oxygens (including phenoxy) is 2. The summed E-state index contributed by atoms with van der Waals surface area (Å²) in [6.45, 7) is 9.03. The van der Waals surface area contributed by atoms with Crippen LogP contribution in [0.25, 0.3) is 11.1 Å². The van der Waals surface area contributed by atoms with Crippen molar-refractivity contribution in [1.29, 1.82) is 0 Å². The lowest BCUT2D eigenvalue weighted by molar-refractivity contribution is 0.332. The summed E-state index contributed by atoms with van der Waals surface area (Å²) in [5.74, 6) is 1.66. The van der Waals surface area contributed by atoms with Crippen molar-refractivity contribution in [1.82, 2.24) is 0 Å². The maximum absolute atomic E-state index is 12.3. The Bertz CT molecular complexity index is 1030. The van der Waals surface area contributed by atoms with Crippen molar-refractivity contribution in [2.24, 2.45) is 0 Å². The summed E-state index contributed by atoms with van der Waals surface area (Å²) in [7, 11) is 0. The fraction of sp³-hybridized carbons (Fsp3) is 0.304. The predicted octanol–water partition coefficient (Wildman–Crippen LogP) is 4.61. The molecule has 0 saturated carbocycles. The molecule has 0 amide bonds. The van der Waals surface area contributed by atoms with Crippen molar-refractivity contribution in [2.45, 2.75) is 33.6 Å². The Labute approximate surface area is 164 Å². The number of nitrogens with one attached hydrogen (secondary N) is 1. The molecule has 0 aromatic heterocycles. The molecule has 3 aromatic carbocycles. The highest BCUT2D eigenvalue weighted by Gasteiger charge is 2.23. The highest BCUT2D eigenvalue weighted by Crippen LogP contribution is 2.34. The number of anilines is 2.